The number of azo groups is 2. The van der Waals surface area contributed by atoms with Crippen molar-refractivity contribution in [2.45, 2.75) is 67.5 Å². The molecule has 0 radical (unpaired) electrons. The van der Waals surface area contributed by atoms with Crippen molar-refractivity contribution in [2.75, 3.05) is 49.2 Å². The molecule has 0 saturated heterocycles. The number of thiazole rings is 2. The number of rotatable bonds is 20. The molecule has 0 fully saturated rings. The SMILES string of the molecule is CCOc1ccc2c(c1)sc(N=Nc1ccc(N(CC)CC)cc1)[n+]2CCC(N)=O.CCOc1ccc2c(c1)sc(N=Nc1ccc(N(CC)CC)cc1)[n+]2CCC(N)=O.[Cl-].[Cl-].[Cl-].[Cl-].[Zn+2]. The molecule has 2 aromatic heterocycles. The Balaban J connectivity index is 0.00000117. The Morgan fingerprint density at radius 2 is 0.877 bits per heavy atom. The van der Waals surface area contributed by atoms with E-state index in [-0.39, 0.29) is 93.8 Å². The number of primary amides is 2. The maximum atomic E-state index is 11.3. The average Bonchev–Trinajstić information content (AvgIpc) is 3.78. The van der Waals surface area contributed by atoms with E-state index in [1.807, 2.05) is 83.6 Å². The van der Waals surface area contributed by atoms with Gasteiger partial charge in [0.15, 0.2) is 0 Å². The van der Waals surface area contributed by atoms with Crippen LogP contribution in [-0.2, 0) is 42.2 Å². The van der Waals surface area contributed by atoms with Crippen LogP contribution in [0, 0.1) is 0 Å². The summed E-state index contributed by atoms with van der Waals surface area (Å²) in [6.45, 7) is 18.4. The van der Waals surface area contributed by atoms with Crippen molar-refractivity contribution in [1.29, 1.82) is 0 Å². The zero-order valence-electron chi connectivity index (χ0n) is 37.6. The number of aromatic nitrogens is 2. The molecule has 4 N–H and O–H groups in total. The normalized spacial score (nSPS) is 10.4. The molecular weight excluding hydrogens is 1000 g/mol. The van der Waals surface area contributed by atoms with Gasteiger partial charge in [-0.25, -0.2) is 9.13 Å². The number of carbonyl (C=O) groups is 2. The summed E-state index contributed by atoms with van der Waals surface area (Å²) in [5, 5.41) is 19.2. The Morgan fingerprint density at radius 1 is 0.538 bits per heavy atom. The first-order valence-corrected chi connectivity index (χ1v) is 22.0. The molecule has 0 aliphatic rings. The number of aryl methyl sites for hydroxylation is 2. The molecule has 6 aromatic rings. The molecule has 0 unspecified atom stereocenters. The zero-order valence-corrected chi connectivity index (χ0v) is 45.2. The van der Waals surface area contributed by atoms with Crippen LogP contribution in [0.1, 0.15) is 54.4 Å². The third-order valence-corrected chi connectivity index (χ3v) is 11.6. The summed E-state index contributed by atoms with van der Waals surface area (Å²) >= 11 is 3.02. The average molecular weight is 1060 g/mol. The number of nitrogens with zero attached hydrogens (tertiary/aromatic N) is 8. The van der Waals surface area contributed by atoms with Crippen LogP contribution in [0.3, 0.4) is 0 Å². The fourth-order valence-electron chi connectivity index (χ4n) is 6.49. The standard InChI is InChI=1S/2C22H27N5O2S.4ClH.Zn/c2*1-4-26(5-2)17-9-7-16(8-10-17)24-25-22-27(14-13-21(23)28)19-12-11-18(29-6-3)15-20(19)30-22;;;;;/h2*7-12,15H,4-6,13-14H2,1-3H3,(H-,23,28);4*1H;/q;;;;;;+2/p-2. The summed E-state index contributed by atoms with van der Waals surface area (Å²) in [7, 11) is 0. The predicted octanol–water partition coefficient (Wildman–Crippen LogP) is -2.54. The second-order valence-corrected chi connectivity index (χ2v) is 15.4. The predicted molar refractivity (Wildman–Crippen MR) is 242 cm³/mol. The summed E-state index contributed by atoms with van der Waals surface area (Å²) in [5.41, 5.74) is 16.6. The van der Waals surface area contributed by atoms with E-state index in [4.69, 9.17) is 20.9 Å². The third-order valence-electron chi connectivity index (χ3n) is 9.55. The van der Waals surface area contributed by atoms with E-state index in [1.165, 1.54) is 34.0 Å². The number of ether oxygens (including phenoxy) is 2. The molecule has 4 aromatic carbocycles. The number of fused-ring (bicyclic) bond motifs is 2. The fraction of sp³-hybridized carbons (Fsp3) is 0.364. The topological polar surface area (TPSA) is 168 Å². The van der Waals surface area contributed by atoms with Gasteiger partial charge in [0, 0.05) is 49.7 Å². The molecule has 348 valence electrons. The second-order valence-electron chi connectivity index (χ2n) is 13.4. The van der Waals surface area contributed by atoms with Gasteiger partial charge < -0.3 is 80.4 Å². The van der Waals surface area contributed by atoms with Gasteiger partial charge >= 0.3 is 29.7 Å². The smallest absolute Gasteiger partial charge is 1.00 e. The number of nitrogens with two attached hydrogens (primary N) is 2. The van der Waals surface area contributed by atoms with Gasteiger partial charge in [0.05, 0.1) is 45.7 Å². The quantitative estimate of drug-likeness (QED) is 0.0486. The van der Waals surface area contributed by atoms with Gasteiger partial charge in [0.1, 0.15) is 47.0 Å². The van der Waals surface area contributed by atoms with Crippen molar-refractivity contribution in [3.05, 3.63) is 84.9 Å². The number of anilines is 2. The molecule has 0 aliphatic carbocycles. The number of amides is 2. The fourth-order valence-corrected chi connectivity index (χ4v) is 8.56. The minimum atomic E-state index is -0.345. The van der Waals surface area contributed by atoms with Crippen LogP contribution in [0.25, 0.3) is 20.4 Å². The maximum absolute atomic E-state index is 11.3. The van der Waals surface area contributed by atoms with Crippen LogP contribution < -0.4 is 89.5 Å². The molecule has 14 nitrogen and oxygen atoms in total. The molecule has 6 rings (SSSR count). The van der Waals surface area contributed by atoms with E-state index in [1.54, 1.807) is 0 Å². The van der Waals surface area contributed by atoms with Gasteiger partial charge in [-0.15, -0.1) is 0 Å². The molecule has 0 saturated carbocycles. The Bertz CT molecular complexity index is 2250. The van der Waals surface area contributed by atoms with Crippen LogP contribution in [0.15, 0.2) is 105 Å². The number of halogens is 4. The number of hydrogen-bond donors (Lipinski definition) is 2. The summed E-state index contributed by atoms with van der Waals surface area (Å²) in [5.74, 6) is 0.929. The monoisotopic (exact) mass is 1060 g/mol. The van der Waals surface area contributed by atoms with Crippen molar-refractivity contribution in [2.24, 2.45) is 31.9 Å². The molecule has 0 atom stereocenters. The van der Waals surface area contributed by atoms with Gasteiger partial charge in [-0.05, 0) is 147 Å². The second kappa shape index (κ2) is 30.9. The molecule has 0 bridgehead atoms. The van der Waals surface area contributed by atoms with Gasteiger partial charge in [0.2, 0.25) is 11.8 Å². The Hall–Kier alpha value is -4.22. The molecule has 0 spiro atoms. The minimum absolute atomic E-state index is 0. The third kappa shape index (κ3) is 17.2. The van der Waals surface area contributed by atoms with E-state index in [0.29, 0.717) is 36.6 Å². The van der Waals surface area contributed by atoms with Gasteiger partial charge in [0.25, 0.3) is 0 Å². The van der Waals surface area contributed by atoms with E-state index in [0.717, 1.165) is 69.5 Å². The summed E-state index contributed by atoms with van der Waals surface area (Å²) in [4.78, 5) is 27.2. The Kier molecular flexibility index (Phi) is 28.9. The number of carbonyl (C=O) groups excluding carboxylic acids is 2. The molecule has 2 heterocycles. The molecule has 21 heteroatoms. The summed E-state index contributed by atoms with van der Waals surface area (Å²) in [6, 6.07) is 27.9. The van der Waals surface area contributed by atoms with E-state index in [9.17, 15) is 9.59 Å². The molecule has 0 aliphatic heterocycles. The Labute approximate surface area is 427 Å². The van der Waals surface area contributed by atoms with Gasteiger partial charge in [-0.1, -0.05) is 0 Å². The van der Waals surface area contributed by atoms with E-state index in [2.05, 4.69) is 82.2 Å². The zero-order chi connectivity index (χ0) is 43.0. The van der Waals surface area contributed by atoms with Crippen LogP contribution in [0.5, 0.6) is 11.5 Å². The minimum Gasteiger partial charge on any atom is -1.00 e. The maximum Gasteiger partial charge on any atom is 2.00 e. The van der Waals surface area contributed by atoms with E-state index < -0.39 is 0 Å². The first kappa shape index (κ1) is 60.8. The van der Waals surface area contributed by atoms with Crippen molar-refractivity contribution >= 4 is 87.9 Å². The first-order chi connectivity index (χ1) is 29.1. The molecule has 65 heavy (non-hydrogen) atoms. The van der Waals surface area contributed by atoms with Crippen molar-refractivity contribution in [3.8, 4) is 11.5 Å². The summed E-state index contributed by atoms with van der Waals surface area (Å²) < 4.78 is 17.2. The van der Waals surface area contributed by atoms with Crippen LogP contribution in [0.2, 0.25) is 0 Å². The molecule has 2 amide bonds. The summed E-state index contributed by atoms with van der Waals surface area (Å²) in [6.07, 6.45) is 0.482. The van der Waals surface area contributed by atoms with Crippen LogP contribution in [-0.4, -0.2) is 51.2 Å². The largest absolute Gasteiger partial charge is 2.00 e. The van der Waals surface area contributed by atoms with Crippen LogP contribution in [0.4, 0.5) is 33.0 Å². The van der Waals surface area contributed by atoms with Crippen molar-refractivity contribution in [1.82, 2.24) is 0 Å². The van der Waals surface area contributed by atoms with Crippen LogP contribution >= 0.6 is 22.7 Å². The Morgan fingerprint density at radius 3 is 1.17 bits per heavy atom. The molecular formula is C44H56Cl4N10O4S2Zn. The van der Waals surface area contributed by atoms with Gasteiger partial charge in [-0.3, -0.25) is 9.59 Å². The van der Waals surface area contributed by atoms with E-state index >= 15 is 0 Å². The number of benzene rings is 4. The van der Waals surface area contributed by atoms with Gasteiger partial charge in [-0.2, -0.15) is 0 Å². The number of hydrogen-bond acceptors (Lipinski definition) is 12. The first-order valence-electron chi connectivity index (χ1n) is 20.4. The van der Waals surface area contributed by atoms with Crippen molar-refractivity contribution < 1.29 is 97.3 Å². The van der Waals surface area contributed by atoms with Crippen molar-refractivity contribution in [3.63, 3.8) is 0 Å².